The number of likely N-dealkylation sites (tertiary alicyclic amines) is 1. The van der Waals surface area contributed by atoms with Crippen LogP contribution >= 0.6 is 0 Å². The normalized spacial score (nSPS) is 17.4. The number of hydrogen-bond acceptors (Lipinski definition) is 6. The third-order valence-corrected chi connectivity index (χ3v) is 4.84. The molecular weight excluding hydrogens is 316 g/mol. The van der Waals surface area contributed by atoms with E-state index in [0.717, 1.165) is 55.6 Å². The fourth-order valence-corrected chi connectivity index (χ4v) is 3.32. The predicted octanol–water partition coefficient (Wildman–Crippen LogP) is 2.79. The molecule has 0 atom stereocenters. The maximum Gasteiger partial charge on any atom is 0.208 e. The molecule has 1 aliphatic heterocycles. The lowest BCUT2D eigenvalue weighted by Gasteiger charge is -2.30. The average molecular weight is 340 g/mol. The largest absolute Gasteiger partial charge is 0.444 e. The first-order chi connectivity index (χ1) is 12.0. The summed E-state index contributed by atoms with van der Waals surface area (Å²) in [6.45, 7) is 9.21. The van der Waals surface area contributed by atoms with Crippen LogP contribution in [-0.2, 0) is 12.0 Å². The summed E-state index contributed by atoms with van der Waals surface area (Å²) in [7, 11) is 0. The first-order valence-corrected chi connectivity index (χ1v) is 8.83. The fourth-order valence-electron chi connectivity index (χ4n) is 3.32. The molecule has 7 nitrogen and oxygen atoms in total. The summed E-state index contributed by atoms with van der Waals surface area (Å²) < 4.78 is 7.97. The maximum absolute atomic E-state index is 5.92. The van der Waals surface area contributed by atoms with Gasteiger partial charge in [-0.1, -0.05) is 20.8 Å². The fraction of sp³-hybridized carbons (Fsp3) is 0.556. The minimum Gasteiger partial charge on any atom is -0.444 e. The molecule has 132 valence electrons. The Morgan fingerprint density at radius 1 is 1.16 bits per heavy atom. The van der Waals surface area contributed by atoms with Gasteiger partial charge < -0.3 is 4.42 Å². The van der Waals surface area contributed by atoms with Crippen LogP contribution in [0.25, 0.3) is 5.65 Å². The molecule has 3 aromatic rings. The van der Waals surface area contributed by atoms with Gasteiger partial charge in [0.25, 0.3) is 0 Å². The quantitative estimate of drug-likeness (QED) is 0.730. The number of rotatable bonds is 3. The van der Waals surface area contributed by atoms with Crippen LogP contribution in [0.1, 0.15) is 57.0 Å². The van der Waals surface area contributed by atoms with Gasteiger partial charge in [-0.25, -0.2) is 4.98 Å². The third-order valence-electron chi connectivity index (χ3n) is 4.84. The van der Waals surface area contributed by atoms with Gasteiger partial charge in [-0.3, -0.25) is 14.3 Å². The van der Waals surface area contributed by atoms with Gasteiger partial charge in [-0.15, -0.1) is 10.2 Å². The Morgan fingerprint density at radius 3 is 2.68 bits per heavy atom. The standard InChI is InChI=1S/C18H24N6O/c1-18(2,3)14-10-20-16(25-14)12-23-7-4-13(5-8-23)17-22-21-15-11-19-6-9-24(15)17/h6,9-11,13H,4-5,7-8,12H2,1-3H3. The van der Waals surface area contributed by atoms with Gasteiger partial charge in [-0.05, 0) is 25.9 Å². The van der Waals surface area contributed by atoms with Crippen LogP contribution in [0, 0.1) is 0 Å². The van der Waals surface area contributed by atoms with E-state index in [1.165, 1.54) is 0 Å². The van der Waals surface area contributed by atoms with Crippen molar-refractivity contribution in [1.82, 2.24) is 29.5 Å². The van der Waals surface area contributed by atoms with Crippen LogP contribution < -0.4 is 0 Å². The van der Waals surface area contributed by atoms with Crippen molar-refractivity contribution in [2.75, 3.05) is 13.1 Å². The van der Waals surface area contributed by atoms with Crippen molar-refractivity contribution >= 4 is 5.65 Å². The zero-order valence-corrected chi connectivity index (χ0v) is 15.0. The lowest BCUT2D eigenvalue weighted by molar-refractivity contribution is 0.182. The molecule has 0 bridgehead atoms. The Hall–Kier alpha value is -2.28. The molecule has 0 amide bonds. The molecule has 1 aliphatic rings. The second-order valence-electron chi connectivity index (χ2n) is 7.78. The second-order valence-corrected chi connectivity index (χ2v) is 7.78. The Bertz CT molecular complexity index is 854. The number of oxazole rings is 1. The number of piperidine rings is 1. The van der Waals surface area contributed by atoms with Crippen molar-refractivity contribution < 1.29 is 4.42 Å². The second kappa shape index (κ2) is 6.22. The van der Waals surface area contributed by atoms with Crippen LogP contribution in [0.15, 0.2) is 29.2 Å². The van der Waals surface area contributed by atoms with Gasteiger partial charge in [0.05, 0.1) is 18.9 Å². The summed E-state index contributed by atoms with van der Waals surface area (Å²) in [4.78, 5) is 10.9. The Kier molecular flexibility index (Phi) is 4.03. The van der Waals surface area contributed by atoms with Crippen molar-refractivity contribution in [2.45, 2.75) is 51.5 Å². The first-order valence-electron chi connectivity index (χ1n) is 8.83. The molecular formula is C18H24N6O. The summed E-state index contributed by atoms with van der Waals surface area (Å²) >= 11 is 0. The molecule has 0 aromatic carbocycles. The van der Waals surface area contributed by atoms with Crippen molar-refractivity contribution in [3.05, 3.63) is 42.3 Å². The molecule has 4 rings (SSSR count). The number of hydrogen-bond donors (Lipinski definition) is 0. The van der Waals surface area contributed by atoms with Gasteiger partial charge in [0, 0.05) is 23.7 Å². The van der Waals surface area contributed by atoms with Crippen LogP contribution in [-0.4, -0.2) is 42.6 Å². The van der Waals surface area contributed by atoms with E-state index in [1.807, 2.05) is 12.4 Å². The summed E-state index contributed by atoms with van der Waals surface area (Å²) in [6.07, 6.45) is 9.47. The van der Waals surface area contributed by atoms with E-state index < -0.39 is 0 Å². The van der Waals surface area contributed by atoms with Gasteiger partial charge in [0.15, 0.2) is 5.65 Å². The molecule has 0 N–H and O–H groups in total. The third kappa shape index (κ3) is 3.28. The highest BCUT2D eigenvalue weighted by Gasteiger charge is 2.26. The van der Waals surface area contributed by atoms with E-state index in [0.29, 0.717) is 5.92 Å². The molecule has 1 fully saturated rings. The molecule has 4 heterocycles. The topological polar surface area (TPSA) is 72.4 Å². The minimum absolute atomic E-state index is 0.00182. The zero-order chi connectivity index (χ0) is 17.4. The van der Waals surface area contributed by atoms with Crippen LogP contribution in [0.2, 0.25) is 0 Å². The number of aromatic nitrogens is 5. The van der Waals surface area contributed by atoms with Crippen molar-refractivity contribution in [3.63, 3.8) is 0 Å². The molecule has 0 radical (unpaired) electrons. The molecule has 0 unspecified atom stereocenters. The lowest BCUT2D eigenvalue weighted by atomic mass is 9.94. The maximum atomic E-state index is 5.92. The molecule has 7 heteroatoms. The molecule has 0 aliphatic carbocycles. The average Bonchev–Trinajstić information content (AvgIpc) is 3.22. The number of fused-ring (bicyclic) bond motifs is 1. The van der Waals surface area contributed by atoms with Crippen LogP contribution in [0.3, 0.4) is 0 Å². The number of nitrogens with zero attached hydrogens (tertiary/aromatic N) is 6. The van der Waals surface area contributed by atoms with Crippen molar-refractivity contribution in [3.8, 4) is 0 Å². The predicted molar refractivity (Wildman–Crippen MR) is 93.2 cm³/mol. The van der Waals surface area contributed by atoms with E-state index in [1.54, 1.807) is 12.4 Å². The van der Waals surface area contributed by atoms with Gasteiger partial charge in [-0.2, -0.15) is 0 Å². The van der Waals surface area contributed by atoms with Crippen molar-refractivity contribution in [2.24, 2.45) is 0 Å². The van der Waals surface area contributed by atoms with Crippen molar-refractivity contribution in [1.29, 1.82) is 0 Å². The van der Waals surface area contributed by atoms with Crippen LogP contribution in [0.4, 0.5) is 0 Å². The first kappa shape index (κ1) is 16.2. The summed E-state index contributed by atoms with van der Waals surface area (Å²) in [5.41, 5.74) is 0.816. The lowest BCUT2D eigenvalue weighted by Crippen LogP contribution is -2.33. The Labute approximate surface area is 147 Å². The van der Waals surface area contributed by atoms with Gasteiger partial charge >= 0.3 is 0 Å². The van der Waals surface area contributed by atoms with E-state index in [-0.39, 0.29) is 5.41 Å². The smallest absolute Gasteiger partial charge is 0.208 e. The highest BCUT2D eigenvalue weighted by atomic mass is 16.4. The molecule has 1 saturated heterocycles. The Balaban J connectivity index is 1.39. The van der Waals surface area contributed by atoms with E-state index in [4.69, 9.17) is 4.42 Å². The molecule has 3 aromatic heterocycles. The Morgan fingerprint density at radius 2 is 1.96 bits per heavy atom. The highest BCUT2D eigenvalue weighted by Crippen LogP contribution is 2.28. The van der Waals surface area contributed by atoms with Gasteiger partial charge in [0.2, 0.25) is 5.89 Å². The van der Waals surface area contributed by atoms with E-state index >= 15 is 0 Å². The monoisotopic (exact) mass is 340 g/mol. The summed E-state index contributed by atoms with van der Waals surface area (Å²) in [5, 5.41) is 8.60. The molecule has 25 heavy (non-hydrogen) atoms. The SMILES string of the molecule is CC(C)(C)c1cnc(CN2CCC(c3nnc4cnccn34)CC2)o1. The van der Waals surface area contributed by atoms with E-state index in [9.17, 15) is 0 Å². The minimum atomic E-state index is 0.00182. The molecule has 0 spiro atoms. The van der Waals surface area contributed by atoms with Gasteiger partial charge in [0.1, 0.15) is 11.6 Å². The highest BCUT2D eigenvalue weighted by molar-refractivity contribution is 5.34. The zero-order valence-electron chi connectivity index (χ0n) is 15.0. The van der Waals surface area contributed by atoms with Crippen LogP contribution in [0.5, 0.6) is 0 Å². The summed E-state index contributed by atoms with van der Waals surface area (Å²) in [5.74, 6) is 3.23. The molecule has 0 saturated carbocycles. The summed E-state index contributed by atoms with van der Waals surface area (Å²) in [6, 6.07) is 0. The van der Waals surface area contributed by atoms with E-state index in [2.05, 4.69) is 50.2 Å².